The molecule has 2 aliphatic rings. The molecule has 0 N–H and O–H groups in total. The summed E-state index contributed by atoms with van der Waals surface area (Å²) < 4.78 is 8.15. The predicted molar refractivity (Wildman–Crippen MR) is 154 cm³/mol. The first kappa shape index (κ1) is 23.6. The Labute approximate surface area is 220 Å². The van der Waals surface area contributed by atoms with Crippen molar-refractivity contribution in [1.82, 2.24) is 0 Å². The van der Waals surface area contributed by atoms with E-state index in [1.807, 2.05) is 0 Å². The number of methoxy groups -OCH3 is 1. The maximum Gasteiger partial charge on any atom is 0.212 e. The van der Waals surface area contributed by atoms with Crippen LogP contribution in [0, 0.1) is 0 Å². The molecule has 0 bridgehead atoms. The van der Waals surface area contributed by atoms with E-state index in [1.54, 1.807) is 7.11 Å². The van der Waals surface area contributed by atoms with Crippen LogP contribution in [0.2, 0.25) is 0 Å². The molecular weight excluding hydrogens is 450 g/mol. The van der Waals surface area contributed by atoms with Crippen LogP contribution in [-0.2, 0) is 24.1 Å². The fourth-order valence-corrected chi connectivity index (χ4v) is 6.16. The van der Waals surface area contributed by atoms with Gasteiger partial charge in [0.15, 0.2) is 6.54 Å². The van der Waals surface area contributed by atoms with Crippen molar-refractivity contribution in [2.24, 2.45) is 0 Å². The van der Waals surface area contributed by atoms with E-state index in [0.29, 0.717) is 0 Å². The van der Waals surface area contributed by atoms with Crippen LogP contribution in [-0.4, -0.2) is 13.7 Å². The molecule has 2 heteroatoms. The monoisotopic (exact) mass is 484 g/mol. The number of allylic oxidation sites excluding steroid dienone is 2. The van der Waals surface area contributed by atoms with Gasteiger partial charge in [-0.05, 0) is 54.5 Å². The molecule has 1 aromatic heterocycles. The Kier molecular flexibility index (Phi) is 6.84. The molecule has 0 aliphatic heterocycles. The van der Waals surface area contributed by atoms with Crippen LogP contribution in [0.1, 0.15) is 52.9 Å². The predicted octanol–water partition coefficient (Wildman–Crippen LogP) is 7.65. The van der Waals surface area contributed by atoms with Gasteiger partial charge in [0.1, 0.15) is 0 Å². The molecule has 4 aromatic rings. The SMILES string of the molecule is COCCC[n+]1c2c(c(-c3ccccc3)c3c1/C(=C/c1ccccc1)CC3)CC/C2=C\c1ccccc1. The maximum atomic E-state index is 5.50. The quantitative estimate of drug-likeness (QED) is 0.194. The zero-order valence-electron chi connectivity index (χ0n) is 21.6. The Hall–Kier alpha value is -3.75. The Morgan fingerprint density at radius 2 is 1.14 bits per heavy atom. The third kappa shape index (κ3) is 4.70. The van der Waals surface area contributed by atoms with Crippen molar-refractivity contribution in [2.75, 3.05) is 13.7 Å². The second-order valence-corrected chi connectivity index (χ2v) is 10.1. The summed E-state index contributed by atoms with van der Waals surface area (Å²) in [7, 11) is 1.81. The van der Waals surface area contributed by atoms with Crippen molar-refractivity contribution in [3.8, 4) is 11.1 Å². The smallest absolute Gasteiger partial charge is 0.212 e. The van der Waals surface area contributed by atoms with Gasteiger partial charge in [0.25, 0.3) is 0 Å². The van der Waals surface area contributed by atoms with Crippen molar-refractivity contribution in [3.05, 3.63) is 125 Å². The molecule has 2 aliphatic carbocycles. The van der Waals surface area contributed by atoms with Gasteiger partial charge in [-0.2, -0.15) is 4.57 Å². The first-order chi connectivity index (χ1) is 18.3. The molecule has 2 nitrogen and oxygen atoms in total. The summed E-state index contributed by atoms with van der Waals surface area (Å²) in [6.45, 7) is 1.73. The molecule has 0 unspecified atom stereocenters. The Bertz CT molecular complexity index is 1360. The van der Waals surface area contributed by atoms with E-state index in [1.165, 1.54) is 55.9 Å². The highest BCUT2D eigenvalue weighted by atomic mass is 16.5. The van der Waals surface area contributed by atoms with Crippen molar-refractivity contribution in [1.29, 1.82) is 0 Å². The van der Waals surface area contributed by atoms with Crippen LogP contribution in [0.15, 0.2) is 91.0 Å². The summed E-state index contributed by atoms with van der Waals surface area (Å²) in [5, 5.41) is 0. The molecule has 0 spiro atoms. The average molecular weight is 485 g/mol. The second-order valence-electron chi connectivity index (χ2n) is 10.1. The number of nitrogens with zero attached hydrogens (tertiary/aromatic N) is 1. The van der Waals surface area contributed by atoms with Crippen LogP contribution < -0.4 is 4.57 Å². The second kappa shape index (κ2) is 10.7. The van der Waals surface area contributed by atoms with Gasteiger partial charge in [0.2, 0.25) is 11.4 Å². The minimum atomic E-state index is 0.770. The highest BCUT2D eigenvalue weighted by Crippen LogP contribution is 2.45. The highest BCUT2D eigenvalue weighted by Gasteiger charge is 2.39. The number of benzene rings is 3. The summed E-state index contributed by atoms with van der Waals surface area (Å²) >= 11 is 0. The number of fused-ring (bicyclic) bond motifs is 2. The minimum absolute atomic E-state index is 0.770. The lowest BCUT2D eigenvalue weighted by Crippen LogP contribution is -2.43. The Morgan fingerprint density at radius 3 is 1.62 bits per heavy atom. The van der Waals surface area contributed by atoms with Crippen molar-refractivity contribution in [2.45, 2.75) is 38.6 Å². The standard InChI is InChI=1S/C35H34NO/c1-37-23-11-22-36-34-29(24-26-12-5-2-6-13-26)18-20-31(34)33(28-16-9-4-10-17-28)32-21-19-30(35(32)36)25-27-14-7-3-8-15-27/h2-10,12-17,24-25H,11,18-23H2,1H3/q+1/b29-24+,30-25+. The zero-order valence-corrected chi connectivity index (χ0v) is 21.6. The first-order valence-corrected chi connectivity index (χ1v) is 13.5. The van der Waals surface area contributed by atoms with E-state index in [0.717, 1.165) is 45.3 Å². The molecule has 0 atom stereocenters. The lowest BCUT2D eigenvalue weighted by molar-refractivity contribution is -0.701. The molecule has 0 radical (unpaired) electrons. The molecule has 37 heavy (non-hydrogen) atoms. The largest absolute Gasteiger partial charge is 0.384 e. The Morgan fingerprint density at radius 1 is 0.649 bits per heavy atom. The zero-order chi connectivity index (χ0) is 25.0. The number of aromatic nitrogens is 1. The lowest BCUT2D eigenvalue weighted by atomic mass is 9.92. The molecule has 0 fully saturated rings. The normalized spacial score (nSPS) is 16.4. The van der Waals surface area contributed by atoms with Crippen LogP contribution in [0.5, 0.6) is 0 Å². The van der Waals surface area contributed by atoms with Crippen LogP contribution in [0.3, 0.4) is 0 Å². The van der Waals surface area contributed by atoms with Gasteiger partial charge in [0.05, 0.1) is 6.61 Å². The number of ether oxygens (including phenoxy) is 1. The van der Waals surface area contributed by atoms with E-state index in [2.05, 4.69) is 108 Å². The van der Waals surface area contributed by atoms with Gasteiger partial charge >= 0.3 is 0 Å². The molecular formula is C35H34NO+. The van der Waals surface area contributed by atoms with E-state index in [9.17, 15) is 0 Å². The van der Waals surface area contributed by atoms with Crippen LogP contribution >= 0.6 is 0 Å². The third-order valence-electron chi connectivity index (χ3n) is 7.69. The summed E-state index contributed by atoms with van der Waals surface area (Å²) in [6, 6.07) is 32.6. The highest BCUT2D eigenvalue weighted by molar-refractivity contribution is 5.91. The van der Waals surface area contributed by atoms with E-state index in [4.69, 9.17) is 4.74 Å². The van der Waals surface area contributed by atoms with Gasteiger partial charge in [-0.1, -0.05) is 91.0 Å². The number of hydrogen-bond donors (Lipinski definition) is 0. The Balaban J connectivity index is 1.62. The molecule has 0 saturated carbocycles. The topological polar surface area (TPSA) is 13.1 Å². The van der Waals surface area contributed by atoms with Crippen molar-refractivity contribution in [3.63, 3.8) is 0 Å². The first-order valence-electron chi connectivity index (χ1n) is 13.5. The lowest BCUT2D eigenvalue weighted by Gasteiger charge is -2.16. The van der Waals surface area contributed by atoms with Gasteiger partial charge in [0, 0.05) is 41.4 Å². The molecule has 0 amide bonds. The maximum absolute atomic E-state index is 5.50. The number of pyridine rings is 1. The summed E-state index contributed by atoms with van der Waals surface area (Å²) in [6.07, 6.45) is 10.2. The van der Waals surface area contributed by atoms with Gasteiger partial charge < -0.3 is 4.74 Å². The van der Waals surface area contributed by atoms with Gasteiger partial charge in [-0.15, -0.1) is 0 Å². The molecule has 6 rings (SSSR count). The minimum Gasteiger partial charge on any atom is -0.384 e. The summed E-state index contributed by atoms with van der Waals surface area (Å²) in [5.41, 5.74) is 14.2. The van der Waals surface area contributed by atoms with E-state index >= 15 is 0 Å². The number of hydrogen-bond acceptors (Lipinski definition) is 1. The van der Waals surface area contributed by atoms with Crippen molar-refractivity contribution >= 4 is 23.3 Å². The molecule has 3 aromatic carbocycles. The molecule has 1 heterocycles. The van der Waals surface area contributed by atoms with Gasteiger partial charge in [-0.3, -0.25) is 0 Å². The van der Waals surface area contributed by atoms with Gasteiger partial charge in [-0.25, -0.2) is 0 Å². The fourth-order valence-electron chi connectivity index (χ4n) is 6.16. The molecule has 184 valence electrons. The van der Waals surface area contributed by atoms with Crippen LogP contribution in [0.4, 0.5) is 0 Å². The number of rotatable bonds is 7. The summed E-state index contributed by atoms with van der Waals surface area (Å²) in [4.78, 5) is 0. The third-order valence-corrected chi connectivity index (χ3v) is 7.69. The molecule has 0 saturated heterocycles. The average Bonchev–Trinajstić information content (AvgIpc) is 3.55. The van der Waals surface area contributed by atoms with Crippen LogP contribution in [0.25, 0.3) is 34.4 Å². The fraction of sp³-hybridized carbons (Fsp3) is 0.229. The van der Waals surface area contributed by atoms with E-state index < -0.39 is 0 Å². The van der Waals surface area contributed by atoms with Crippen molar-refractivity contribution < 1.29 is 9.30 Å². The summed E-state index contributed by atoms with van der Waals surface area (Å²) in [5.74, 6) is 0. The van der Waals surface area contributed by atoms with E-state index in [-0.39, 0.29) is 0 Å².